The smallest absolute Gasteiger partial charge is 0.243 e. The van der Waals surface area contributed by atoms with Crippen molar-refractivity contribution in [1.82, 2.24) is 9.97 Å². The van der Waals surface area contributed by atoms with Crippen LogP contribution in [0.4, 0.5) is 11.6 Å². The van der Waals surface area contributed by atoms with E-state index in [1.165, 1.54) is 0 Å². The van der Waals surface area contributed by atoms with Gasteiger partial charge in [0.1, 0.15) is 0 Å². The standard InChI is InChI=1S/C12H13N5/c1-9(10-3-5-11(13)6-4-10)16-17-12-14-7-2-8-15-12/h2-8H,13H2,1H3,(H,14,15,17)/b16-9+. The Kier molecular flexibility index (Phi) is 3.30. The highest BCUT2D eigenvalue weighted by molar-refractivity contribution is 5.99. The Labute approximate surface area is 99.4 Å². The van der Waals surface area contributed by atoms with Crippen LogP contribution in [0.15, 0.2) is 47.8 Å². The quantitative estimate of drug-likeness (QED) is 0.477. The van der Waals surface area contributed by atoms with E-state index < -0.39 is 0 Å². The molecule has 0 unspecified atom stereocenters. The van der Waals surface area contributed by atoms with Gasteiger partial charge in [-0.2, -0.15) is 5.10 Å². The van der Waals surface area contributed by atoms with Crippen LogP contribution >= 0.6 is 0 Å². The van der Waals surface area contributed by atoms with Crippen LogP contribution in [0.1, 0.15) is 12.5 Å². The Bertz CT molecular complexity index is 504. The molecule has 0 aliphatic carbocycles. The number of nitrogens with two attached hydrogens (primary N) is 1. The molecular formula is C12H13N5. The van der Waals surface area contributed by atoms with Gasteiger partial charge in [0.05, 0.1) is 5.71 Å². The van der Waals surface area contributed by atoms with Gasteiger partial charge in [-0.1, -0.05) is 12.1 Å². The number of nitrogen functional groups attached to an aromatic ring is 1. The molecule has 0 atom stereocenters. The molecule has 5 nitrogen and oxygen atoms in total. The maximum absolute atomic E-state index is 5.62. The summed E-state index contributed by atoms with van der Waals surface area (Å²) >= 11 is 0. The lowest BCUT2D eigenvalue weighted by atomic mass is 10.1. The Morgan fingerprint density at radius 2 is 1.82 bits per heavy atom. The lowest BCUT2D eigenvalue weighted by Crippen LogP contribution is -2.02. The van der Waals surface area contributed by atoms with E-state index in [0.717, 1.165) is 17.0 Å². The van der Waals surface area contributed by atoms with Gasteiger partial charge in [0, 0.05) is 18.1 Å². The average Bonchev–Trinajstić information content (AvgIpc) is 2.38. The lowest BCUT2D eigenvalue weighted by molar-refractivity contribution is 1.11. The molecule has 17 heavy (non-hydrogen) atoms. The van der Waals surface area contributed by atoms with E-state index in [9.17, 15) is 0 Å². The molecule has 0 saturated carbocycles. The number of hydrazone groups is 1. The van der Waals surface area contributed by atoms with Crippen molar-refractivity contribution in [3.8, 4) is 0 Å². The first-order chi connectivity index (χ1) is 8.25. The lowest BCUT2D eigenvalue weighted by Gasteiger charge is -2.02. The minimum atomic E-state index is 0.474. The van der Waals surface area contributed by atoms with Gasteiger partial charge >= 0.3 is 0 Å². The molecule has 0 bridgehead atoms. The molecule has 0 fully saturated rings. The molecule has 1 heterocycles. The third-order valence-electron chi connectivity index (χ3n) is 2.22. The first-order valence-corrected chi connectivity index (χ1v) is 5.19. The summed E-state index contributed by atoms with van der Waals surface area (Å²) in [5.74, 6) is 0.474. The minimum absolute atomic E-state index is 0.474. The molecule has 86 valence electrons. The van der Waals surface area contributed by atoms with Crippen LogP contribution in [0.3, 0.4) is 0 Å². The number of nitrogens with one attached hydrogen (secondary N) is 1. The summed E-state index contributed by atoms with van der Waals surface area (Å²) in [6, 6.07) is 9.27. The molecule has 2 aromatic rings. The third kappa shape index (κ3) is 3.01. The van der Waals surface area contributed by atoms with E-state index in [2.05, 4.69) is 20.5 Å². The second kappa shape index (κ2) is 5.07. The largest absolute Gasteiger partial charge is 0.399 e. The van der Waals surface area contributed by atoms with Crippen molar-refractivity contribution in [2.24, 2.45) is 5.10 Å². The molecule has 0 saturated heterocycles. The van der Waals surface area contributed by atoms with Crippen LogP contribution in [-0.4, -0.2) is 15.7 Å². The number of nitrogens with zero attached hydrogens (tertiary/aromatic N) is 3. The molecule has 0 radical (unpaired) electrons. The second-order valence-electron chi connectivity index (χ2n) is 3.50. The fourth-order valence-electron chi connectivity index (χ4n) is 1.28. The van der Waals surface area contributed by atoms with Crippen molar-refractivity contribution in [1.29, 1.82) is 0 Å². The second-order valence-corrected chi connectivity index (χ2v) is 3.50. The minimum Gasteiger partial charge on any atom is -0.399 e. The van der Waals surface area contributed by atoms with Crippen molar-refractivity contribution < 1.29 is 0 Å². The van der Waals surface area contributed by atoms with Crippen molar-refractivity contribution in [3.63, 3.8) is 0 Å². The highest BCUT2D eigenvalue weighted by Crippen LogP contribution is 2.07. The fraction of sp³-hybridized carbons (Fsp3) is 0.0833. The number of anilines is 2. The molecule has 0 aliphatic heterocycles. The van der Waals surface area contributed by atoms with Crippen molar-refractivity contribution in [2.45, 2.75) is 6.92 Å². The zero-order chi connectivity index (χ0) is 12.1. The molecule has 2 rings (SSSR count). The highest BCUT2D eigenvalue weighted by Gasteiger charge is 1.97. The van der Waals surface area contributed by atoms with Gasteiger partial charge < -0.3 is 5.73 Å². The average molecular weight is 227 g/mol. The summed E-state index contributed by atoms with van der Waals surface area (Å²) in [6.45, 7) is 1.90. The molecule has 0 aliphatic rings. The van der Waals surface area contributed by atoms with Gasteiger partial charge in [0.15, 0.2) is 0 Å². The molecule has 3 N–H and O–H groups in total. The van der Waals surface area contributed by atoms with Crippen molar-refractivity contribution in [3.05, 3.63) is 48.3 Å². The Balaban J connectivity index is 2.10. The summed E-state index contributed by atoms with van der Waals surface area (Å²) in [4.78, 5) is 8.02. The Morgan fingerprint density at radius 3 is 2.47 bits per heavy atom. The normalized spacial score (nSPS) is 11.2. The van der Waals surface area contributed by atoms with Crippen LogP contribution in [0.2, 0.25) is 0 Å². The van der Waals surface area contributed by atoms with Crippen LogP contribution < -0.4 is 11.2 Å². The van der Waals surface area contributed by atoms with Crippen LogP contribution in [-0.2, 0) is 0 Å². The summed E-state index contributed by atoms with van der Waals surface area (Å²) in [7, 11) is 0. The van der Waals surface area contributed by atoms with Crippen molar-refractivity contribution in [2.75, 3.05) is 11.2 Å². The number of aromatic nitrogens is 2. The van der Waals surface area contributed by atoms with Gasteiger partial charge in [-0.25, -0.2) is 15.4 Å². The maximum atomic E-state index is 5.62. The zero-order valence-corrected chi connectivity index (χ0v) is 9.46. The molecule has 0 spiro atoms. The van der Waals surface area contributed by atoms with E-state index in [-0.39, 0.29) is 0 Å². The molecular weight excluding hydrogens is 214 g/mol. The molecule has 1 aromatic carbocycles. The molecule has 1 aromatic heterocycles. The fourth-order valence-corrected chi connectivity index (χ4v) is 1.28. The van der Waals surface area contributed by atoms with Crippen LogP contribution in [0.25, 0.3) is 0 Å². The van der Waals surface area contributed by atoms with Crippen molar-refractivity contribution >= 4 is 17.3 Å². The summed E-state index contributed by atoms with van der Waals surface area (Å²) in [5.41, 5.74) is 11.0. The van der Waals surface area contributed by atoms with E-state index in [4.69, 9.17) is 5.73 Å². The van der Waals surface area contributed by atoms with Gasteiger partial charge in [0.25, 0.3) is 0 Å². The van der Waals surface area contributed by atoms with Gasteiger partial charge in [-0.3, -0.25) is 0 Å². The number of rotatable bonds is 3. The van der Waals surface area contributed by atoms with E-state index >= 15 is 0 Å². The molecule has 5 heteroatoms. The number of hydrogen-bond acceptors (Lipinski definition) is 5. The van der Waals surface area contributed by atoms with E-state index in [1.54, 1.807) is 18.5 Å². The molecule has 0 amide bonds. The topological polar surface area (TPSA) is 76.2 Å². The number of hydrogen-bond donors (Lipinski definition) is 2. The predicted molar refractivity (Wildman–Crippen MR) is 68.7 cm³/mol. The van der Waals surface area contributed by atoms with Gasteiger partial charge in [-0.05, 0) is 30.7 Å². The summed E-state index contributed by atoms with van der Waals surface area (Å²) in [5, 5.41) is 4.20. The van der Waals surface area contributed by atoms with Crippen LogP contribution in [0.5, 0.6) is 0 Å². The third-order valence-corrected chi connectivity index (χ3v) is 2.22. The van der Waals surface area contributed by atoms with Crippen LogP contribution in [0, 0.1) is 0 Å². The SMILES string of the molecule is C/C(=N\Nc1ncccn1)c1ccc(N)cc1. The van der Waals surface area contributed by atoms with Gasteiger partial charge in [-0.15, -0.1) is 0 Å². The zero-order valence-electron chi connectivity index (χ0n) is 9.46. The van der Waals surface area contributed by atoms with E-state index in [0.29, 0.717) is 5.95 Å². The van der Waals surface area contributed by atoms with E-state index in [1.807, 2.05) is 31.2 Å². The summed E-state index contributed by atoms with van der Waals surface area (Å²) < 4.78 is 0. The Morgan fingerprint density at radius 1 is 1.18 bits per heavy atom. The Hall–Kier alpha value is -2.43. The first kappa shape index (κ1) is 11.1. The first-order valence-electron chi connectivity index (χ1n) is 5.19. The predicted octanol–water partition coefficient (Wildman–Crippen LogP) is 1.89. The number of benzene rings is 1. The monoisotopic (exact) mass is 227 g/mol. The van der Waals surface area contributed by atoms with Gasteiger partial charge in [0.2, 0.25) is 5.95 Å². The highest BCUT2D eigenvalue weighted by atomic mass is 15.3. The summed E-state index contributed by atoms with van der Waals surface area (Å²) in [6.07, 6.45) is 3.31. The maximum Gasteiger partial charge on any atom is 0.243 e.